The fourth-order valence-electron chi connectivity index (χ4n) is 2.31. The Bertz CT molecular complexity index is 1030. The van der Waals surface area contributed by atoms with Crippen molar-refractivity contribution in [1.82, 2.24) is 4.57 Å². The molecule has 3 rings (SSSR count). The van der Waals surface area contributed by atoms with E-state index in [0.29, 0.717) is 4.80 Å². The molecular weight excluding hydrogens is 386 g/mol. The number of hydrogen-bond acceptors (Lipinski definition) is 5. The minimum Gasteiger partial charge on any atom is -0.435 e. The summed E-state index contributed by atoms with van der Waals surface area (Å²) < 4.78 is 61.1. The Morgan fingerprint density at radius 3 is 2.48 bits per heavy atom. The summed E-state index contributed by atoms with van der Waals surface area (Å²) in [6.07, 6.45) is 1.20. The molecule has 0 bridgehead atoms. The summed E-state index contributed by atoms with van der Waals surface area (Å²) >= 11 is 1.41. The number of thiazole rings is 1. The standard InChI is InChI=1S/C17H13F4N3O2S/c1-24-12-4-2-3-5-14(12)27-17(24)23-22-9-10-6-7-11(25-15(18)19)8-13(10)26-16(20)21/h2-9,15-16H,1H3/b22-9-,23-17+. The Morgan fingerprint density at radius 1 is 1.04 bits per heavy atom. The third-order valence-electron chi connectivity index (χ3n) is 3.48. The number of nitrogens with zero attached hydrogens (tertiary/aromatic N) is 3. The molecule has 2 aromatic carbocycles. The van der Waals surface area contributed by atoms with Gasteiger partial charge in [-0.2, -0.15) is 22.7 Å². The number of alkyl halides is 4. The Kier molecular flexibility index (Phi) is 5.75. The second-order valence-electron chi connectivity index (χ2n) is 5.21. The van der Waals surface area contributed by atoms with Gasteiger partial charge in [0, 0.05) is 18.7 Å². The van der Waals surface area contributed by atoms with Crippen molar-refractivity contribution < 1.29 is 27.0 Å². The first-order valence-corrected chi connectivity index (χ1v) is 8.41. The smallest absolute Gasteiger partial charge is 0.387 e. The van der Waals surface area contributed by atoms with Crippen molar-refractivity contribution in [3.05, 3.63) is 52.8 Å². The molecule has 1 aromatic heterocycles. The SMILES string of the molecule is Cn1/c(=N\N=C/c2ccc(OC(F)F)cc2OC(F)F)sc2ccccc21. The van der Waals surface area contributed by atoms with Crippen LogP contribution in [0.2, 0.25) is 0 Å². The van der Waals surface area contributed by atoms with Crippen LogP contribution in [0.5, 0.6) is 11.5 Å². The first kappa shape index (κ1) is 18.9. The van der Waals surface area contributed by atoms with Crippen LogP contribution in [0, 0.1) is 0 Å². The van der Waals surface area contributed by atoms with Crippen LogP contribution >= 0.6 is 11.3 Å². The number of ether oxygens (including phenoxy) is 2. The van der Waals surface area contributed by atoms with E-state index in [1.165, 1.54) is 29.7 Å². The van der Waals surface area contributed by atoms with Crippen LogP contribution in [0.3, 0.4) is 0 Å². The molecule has 0 spiro atoms. The quantitative estimate of drug-likeness (QED) is 0.351. The third-order valence-corrected chi connectivity index (χ3v) is 4.58. The first-order valence-electron chi connectivity index (χ1n) is 7.59. The van der Waals surface area contributed by atoms with Crippen molar-refractivity contribution in [1.29, 1.82) is 0 Å². The van der Waals surface area contributed by atoms with Gasteiger partial charge in [-0.15, -0.1) is 5.10 Å². The maximum Gasteiger partial charge on any atom is 0.387 e. The van der Waals surface area contributed by atoms with E-state index >= 15 is 0 Å². The summed E-state index contributed by atoms with van der Waals surface area (Å²) in [5, 5.41) is 7.99. The van der Waals surface area contributed by atoms with Crippen molar-refractivity contribution in [2.45, 2.75) is 13.2 Å². The van der Waals surface area contributed by atoms with Crippen LogP contribution in [0.25, 0.3) is 10.2 Å². The lowest BCUT2D eigenvalue weighted by Gasteiger charge is -2.10. The molecule has 0 saturated heterocycles. The predicted octanol–water partition coefficient (Wildman–Crippen LogP) is 4.38. The average molecular weight is 399 g/mol. The van der Waals surface area contributed by atoms with E-state index in [1.807, 2.05) is 35.9 Å². The van der Waals surface area contributed by atoms with Gasteiger partial charge in [-0.1, -0.05) is 23.5 Å². The third kappa shape index (κ3) is 4.64. The molecule has 0 N–H and O–H groups in total. The Balaban J connectivity index is 1.92. The molecule has 0 amide bonds. The van der Waals surface area contributed by atoms with E-state index in [4.69, 9.17) is 0 Å². The minimum absolute atomic E-state index is 0.143. The van der Waals surface area contributed by atoms with Gasteiger partial charge in [0.2, 0.25) is 4.80 Å². The van der Waals surface area contributed by atoms with Gasteiger partial charge in [0.15, 0.2) is 0 Å². The molecule has 27 heavy (non-hydrogen) atoms. The van der Waals surface area contributed by atoms with Gasteiger partial charge < -0.3 is 14.0 Å². The summed E-state index contributed by atoms with van der Waals surface area (Å²) in [7, 11) is 1.83. The van der Waals surface area contributed by atoms with Crippen LogP contribution in [0.1, 0.15) is 5.56 Å². The monoisotopic (exact) mass is 399 g/mol. The highest BCUT2D eigenvalue weighted by Gasteiger charge is 2.12. The minimum atomic E-state index is -3.13. The Morgan fingerprint density at radius 2 is 1.78 bits per heavy atom. The van der Waals surface area contributed by atoms with Crippen LogP contribution in [-0.4, -0.2) is 24.0 Å². The summed E-state index contributed by atoms with van der Waals surface area (Å²) in [4.78, 5) is 0.599. The lowest BCUT2D eigenvalue weighted by atomic mass is 10.2. The highest BCUT2D eigenvalue weighted by molar-refractivity contribution is 7.16. The number of halogens is 4. The lowest BCUT2D eigenvalue weighted by molar-refractivity contribution is -0.0543. The van der Waals surface area contributed by atoms with Crippen LogP contribution in [0.15, 0.2) is 52.7 Å². The van der Waals surface area contributed by atoms with Crippen LogP contribution < -0.4 is 14.3 Å². The van der Waals surface area contributed by atoms with E-state index in [1.54, 1.807) is 0 Å². The molecule has 1 heterocycles. The highest BCUT2D eigenvalue weighted by atomic mass is 32.1. The van der Waals surface area contributed by atoms with Gasteiger partial charge in [0.05, 0.1) is 16.4 Å². The Hall–Kier alpha value is -2.88. The molecule has 5 nitrogen and oxygen atoms in total. The highest BCUT2D eigenvalue weighted by Crippen LogP contribution is 2.26. The predicted molar refractivity (Wildman–Crippen MR) is 93.7 cm³/mol. The normalized spacial score (nSPS) is 12.6. The molecule has 10 heteroatoms. The number of fused-ring (bicyclic) bond motifs is 1. The largest absolute Gasteiger partial charge is 0.435 e. The number of rotatable bonds is 6. The van der Waals surface area contributed by atoms with E-state index in [2.05, 4.69) is 19.7 Å². The van der Waals surface area contributed by atoms with Gasteiger partial charge in [-0.05, 0) is 24.3 Å². The molecule has 142 valence electrons. The van der Waals surface area contributed by atoms with Crippen molar-refractivity contribution in [3.8, 4) is 11.5 Å². The summed E-state index contributed by atoms with van der Waals surface area (Å²) in [6, 6.07) is 11.1. The molecular formula is C17H13F4N3O2S. The van der Waals surface area contributed by atoms with Gasteiger partial charge >= 0.3 is 13.2 Å². The van der Waals surface area contributed by atoms with E-state index in [9.17, 15) is 17.6 Å². The van der Waals surface area contributed by atoms with Crippen molar-refractivity contribution in [2.24, 2.45) is 17.3 Å². The fraction of sp³-hybridized carbons (Fsp3) is 0.176. The molecule has 0 unspecified atom stereocenters. The number of para-hydroxylation sites is 1. The molecule has 0 aliphatic carbocycles. The van der Waals surface area contributed by atoms with Crippen molar-refractivity contribution in [2.75, 3.05) is 0 Å². The zero-order valence-corrected chi connectivity index (χ0v) is 14.7. The van der Waals surface area contributed by atoms with E-state index in [-0.39, 0.29) is 17.1 Å². The second kappa shape index (κ2) is 8.21. The molecule has 0 radical (unpaired) electrons. The van der Waals surface area contributed by atoms with E-state index in [0.717, 1.165) is 16.3 Å². The maximum absolute atomic E-state index is 12.6. The van der Waals surface area contributed by atoms with Crippen molar-refractivity contribution in [3.63, 3.8) is 0 Å². The maximum atomic E-state index is 12.6. The van der Waals surface area contributed by atoms with E-state index < -0.39 is 13.2 Å². The summed E-state index contributed by atoms with van der Waals surface area (Å²) in [6.45, 7) is -6.21. The lowest BCUT2D eigenvalue weighted by Crippen LogP contribution is -2.09. The number of aryl methyl sites for hydroxylation is 1. The van der Waals surface area contributed by atoms with Crippen LogP contribution in [-0.2, 0) is 7.05 Å². The number of hydrogen-bond donors (Lipinski definition) is 0. The van der Waals surface area contributed by atoms with Crippen LogP contribution in [0.4, 0.5) is 17.6 Å². The van der Waals surface area contributed by atoms with Gasteiger partial charge in [-0.25, -0.2) is 0 Å². The molecule has 0 aliphatic heterocycles. The van der Waals surface area contributed by atoms with Crippen molar-refractivity contribution >= 4 is 27.8 Å². The topological polar surface area (TPSA) is 48.1 Å². The molecule has 0 fully saturated rings. The zero-order valence-electron chi connectivity index (χ0n) is 13.9. The van der Waals surface area contributed by atoms with Gasteiger partial charge in [0.1, 0.15) is 11.5 Å². The molecule has 0 saturated carbocycles. The zero-order chi connectivity index (χ0) is 19.4. The van der Waals surface area contributed by atoms with Gasteiger partial charge in [0.25, 0.3) is 0 Å². The first-order chi connectivity index (χ1) is 12.9. The number of benzene rings is 2. The molecule has 0 atom stereocenters. The summed E-state index contributed by atoms with van der Waals surface area (Å²) in [5.41, 5.74) is 1.12. The number of aromatic nitrogens is 1. The second-order valence-corrected chi connectivity index (χ2v) is 6.22. The van der Waals surface area contributed by atoms with Gasteiger partial charge in [-0.3, -0.25) is 0 Å². The average Bonchev–Trinajstić information content (AvgIpc) is 2.92. The molecule has 0 aliphatic rings. The summed E-state index contributed by atoms with van der Waals surface area (Å²) in [5.74, 6) is -0.645. The fourth-order valence-corrected chi connectivity index (χ4v) is 3.29. The molecule has 3 aromatic rings. The Labute approximate surface area is 154 Å².